The van der Waals surface area contributed by atoms with Crippen molar-refractivity contribution in [3.8, 4) is 0 Å². The standard InChI is InChI=1S/C26H22N4/c1-5-13-22(14-6-1)21-27-30(25-19-11-4-12-20-25)26(23-15-7-2-8-16-23)29-28-24-17-9-3-10-18-24/h1-21,28H. The largest absolute Gasteiger partial charge is 0.276 e. The monoisotopic (exact) mass is 390 g/mol. The maximum absolute atomic E-state index is 4.79. The number of hydrogen-bond donors (Lipinski definition) is 1. The highest BCUT2D eigenvalue weighted by atomic mass is 15.5. The first-order valence-electron chi connectivity index (χ1n) is 9.78. The number of rotatable bonds is 6. The third-order valence-electron chi connectivity index (χ3n) is 4.42. The Morgan fingerprint density at radius 2 is 1.17 bits per heavy atom. The molecule has 0 radical (unpaired) electrons. The van der Waals surface area contributed by atoms with Gasteiger partial charge in [0.05, 0.1) is 17.6 Å². The average Bonchev–Trinajstić information content (AvgIpc) is 2.83. The van der Waals surface area contributed by atoms with Crippen LogP contribution >= 0.6 is 0 Å². The predicted octanol–water partition coefficient (Wildman–Crippen LogP) is 6.00. The molecule has 1 N–H and O–H groups in total. The highest BCUT2D eigenvalue weighted by Crippen LogP contribution is 2.19. The first-order valence-corrected chi connectivity index (χ1v) is 9.78. The molecule has 0 fully saturated rings. The van der Waals surface area contributed by atoms with E-state index in [1.54, 1.807) is 0 Å². The van der Waals surface area contributed by atoms with Gasteiger partial charge in [-0.25, -0.2) is 5.01 Å². The molecule has 0 aromatic heterocycles. The van der Waals surface area contributed by atoms with E-state index in [0.29, 0.717) is 5.84 Å². The zero-order valence-electron chi connectivity index (χ0n) is 16.5. The van der Waals surface area contributed by atoms with Gasteiger partial charge in [0.1, 0.15) is 0 Å². The fraction of sp³-hybridized carbons (Fsp3) is 0. The van der Waals surface area contributed by atoms with Gasteiger partial charge in [-0.15, -0.1) is 0 Å². The van der Waals surface area contributed by atoms with Gasteiger partial charge in [0.25, 0.3) is 0 Å². The van der Waals surface area contributed by atoms with Crippen molar-refractivity contribution in [2.24, 2.45) is 10.2 Å². The lowest BCUT2D eigenvalue weighted by Gasteiger charge is -2.21. The number of para-hydroxylation sites is 2. The Bertz CT molecular complexity index is 1090. The van der Waals surface area contributed by atoms with E-state index in [-0.39, 0.29) is 0 Å². The van der Waals surface area contributed by atoms with Crippen molar-refractivity contribution in [1.29, 1.82) is 0 Å². The van der Waals surface area contributed by atoms with Gasteiger partial charge in [-0.3, -0.25) is 5.43 Å². The molecule has 0 unspecified atom stereocenters. The summed E-state index contributed by atoms with van der Waals surface area (Å²) < 4.78 is 0. The Morgan fingerprint density at radius 3 is 1.80 bits per heavy atom. The molecule has 30 heavy (non-hydrogen) atoms. The van der Waals surface area contributed by atoms with E-state index in [1.165, 1.54) is 0 Å². The van der Waals surface area contributed by atoms with Crippen LogP contribution < -0.4 is 10.4 Å². The molecule has 146 valence electrons. The molecule has 4 rings (SSSR count). The minimum Gasteiger partial charge on any atom is -0.276 e. The summed E-state index contributed by atoms with van der Waals surface area (Å²) in [6.07, 6.45) is 1.84. The van der Waals surface area contributed by atoms with Gasteiger partial charge >= 0.3 is 0 Å². The maximum atomic E-state index is 4.79. The Kier molecular flexibility index (Phi) is 6.28. The van der Waals surface area contributed by atoms with Crippen LogP contribution in [0.5, 0.6) is 0 Å². The molecular formula is C26H22N4. The van der Waals surface area contributed by atoms with Gasteiger partial charge in [0, 0.05) is 5.56 Å². The van der Waals surface area contributed by atoms with Crippen LogP contribution in [0, 0.1) is 0 Å². The van der Waals surface area contributed by atoms with E-state index < -0.39 is 0 Å². The van der Waals surface area contributed by atoms with Crippen molar-refractivity contribution in [1.82, 2.24) is 0 Å². The number of nitrogens with zero attached hydrogens (tertiary/aromatic N) is 3. The molecule has 0 aliphatic carbocycles. The summed E-state index contributed by atoms with van der Waals surface area (Å²) in [6.45, 7) is 0. The lowest BCUT2D eigenvalue weighted by atomic mass is 10.2. The van der Waals surface area contributed by atoms with E-state index in [2.05, 4.69) is 5.43 Å². The third kappa shape index (κ3) is 5.00. The summed E-state index contributed by atoms with van der Waals surface area (Å²) in [5.74, 6) is 0.692. The van der Waals surface area contributed by atoms with Crippen LogP contribution in [0.3, 0.4) is 0 Å². The zero-order valence-corrected chi connectivity index (χ0v) is 16.5. The van der Waals surface area contributed by atoms with Gasteiger partial charge in [-0.2, -0.15) is 10.2 Å². The first kappa shape index (κ1) is 19.2. The predicted molar refractivity (Wildman–Crippen MR) is 126 cm³/mol. The fourth-order valence-electron chi connectivity index (χ4n) is 2.93. The molecule has 0 saturated carbocycles. The SMILES string of the molecule is C(=NN(C(=NNc1ccccc1)c1ccccc1)c1ccccc1)c1ccccc1. The van der Waals surface area contributed by atoms with Gasteiger partial charge in [0.15, 0.2) is 5.84 Å². The van der Waals surface area contributed by atoms with Crippen molar-refractivity contribution in [3.63, 3.8) is 0 Å². The Hall–Kier alpha value is -4.18. The number of benzene rings is 4. The Labute approximate surface area is 176 Å². The molecule has 0 aliphatic heterocycles. The minimum absolute atomic E-state index is 0.692. The number of hydrogen-bond acceptors (Lipinski definition) is 3. The van der Waals surface area contributed by atoms with E-state index in [4.69, 9.17) is 10.2 Å². The highest BCUT2D eigenvalue weighted by molar-refractivity contribution is 6.10. The van der Waals surface area contributed by atoms with Gasteiger partial charge < -0.3 is 0 Å². The topological polar surface area (TPSA) is 40.0 Å². The smallest absolute Gasteiger partial charge is 0.181 e. The minimum atomic E-state index is 0.692. The van der Waals surface area contributed by atoms with Crippen LogP contribution in [0.4, 0.5) is 11.4 Å². The molecule has 4 heteroatoms. The molecule has 0 heterocycles. The maximum Gasteiger partial charge on any atom is 0.181 e. The summed E-state index contributed by atoms with van der Waals surface area (Å²) >= 11 is 0. The molecular weight excluding hydrogens is 368 g/mol. The number of anilines is 2. The summed E-state index contributed by atoms with van der Waals surface area (Å²) in [4.78, 5) is 0. The van der Waals surface area contributed by atoms with Crippen molar-refractivity contribution in [2.45, 2.75) is 0 Å². The number of nitrogens with one attached hydrogen (secondary N) is 1. The average molecular weight is 390 g/mol. The van der Waals surface area contributed by atoms with Crippen LogP contribution in [0.25, 0.3) is 0 Å². The number of hydrazone groups is 2. The second-order valence-corrected chi connectivity index (χ2v) is 6.58. The third-order valence-corrected chi connectivity index (χ3v) is 4.42. The first-order chi connectivity index (χ1) is 14.9. The van der Waals surface area contributed by atoms with E-state index in [0.717, 1.165) is 22.5 Å². The van der Waals surface area contributed by atoms with E-state index in [9.17, 15) is 0 Å². The van der Waals surface area contributed by atoms with Crippen LogP contribution in [-0.2, 0) is 0 Å². The van der Waals surface area contributed by atoms with Crippen molar-refractivity contribution < 1.29 is 0 Å². The van der Waals surface area contributed by atoms with Crippen LogP contribution in [0.15, 0.2) is 132 Å². The highest BCUT2D eigenvalue weighted by Gasteiger charge is 2.15. The molecule has 0 bridgehead atoms. The summed E-state index contributed by atoms with van der Waals surface area (Å²) in [5.41, 5.74) is 6.96. The van der Waals surface area contributed by atoms with E-state index in [1.807, 2.05) is 133 Å². The molecule has 0 saturated heterocycles. The van der Waals surface area contributed by atoms with Crippen LogP contribution in [0.1, 0.15) is 11.1 Å². The van der Waals surface area contributed by atoms with Crippen LogP contribution in [0.2, 0.25) is 0 Å². The Balaban J connectivity index is 1.77. The molecule has 4 aromatic rings. The van der Waals surface area contributed by atoms with Crippen molar-refractivity contribution in [2.75, 3.05) is 10.4 Å². The van der Waals surface area contributed by atoms with E-state index >= 15 is 0 Å². The van der Waals surface area contributed by atoms with Gasteiger partial charge in [-0.05, 0) is 29.8 Å². The molecule has 0 atom stereocenters. The molecule has 4 nitrogen and oxygen atoms in total. The van der Waals surface area contributed by atoms with Crippen LogP contribution in [-0.4, -0.2) is 12.1 Å². The van der Waals surface area contributed by atoms with Gasteiger partial charge in [0.2, 0.25) is 0 Å². The zero-order chi connectivity index (χ0) is 20.4. The molecule has 0 amide bonds. The quantitative estimate of drug-likeness (QED) is 0.249. The Morgan fingerprint density at radius 1 is 0.633 bits per heavy atom. The van der Waals surface area contributed by atoms with Crippen molar-refractivity contribution >= 4 is 23.4 Å². The fourth-order valence-corrected chi connectivity index (χ4v) is 2.93. The second-order valence-electron chi connectivity index (χ2n) is 6.58. The summed E-state index contributed by atoms with van der Waals surface area (Å²) in [7, 11) is 0. The summed E-state index contributed by atoms with van der Waals surface area (Å²) in [6, 6.07) is 40.0. The lowest BCUT2D eigenvalue weighted by Crippen LogP contribution is -2.28. The lowest BCUT2D eigenvalue weighted by molar-refractivity contribution is 1.11. The molecule has 0 spiro atoms. The number of amidine groups is 1. The molecule has 0 aliphatic rings. The second kappa shape index (κ2) is 9.85. The van der Waals surface area contributed by atoms with Gasteiger partial charge in [-0.1, -0.05) is 97.1 Å². The molecule has 4 aromatic carbocycles. The van der Waals surface area contributed by atoms with Crippen molar-refractivity contribution in [3.05, 3.63) is 132 Å². The summed E-state index contributed by atoms with van der Waals surface area (Å²) in [5, 5.41) is 11.4. The normalized spacial score (nSPS) is 11.4.